The van der Waals surface area contributed by atoms with Crippen molar-refractivity contribution in [2.45, 2.75) is 20.4 Å². The van der Waals surface area contributed by atoms with E-state index >= 15 is 0 Å². The summed E-state index contributed by atoms with van der Waals surface area (Å²) >= 11 is 0. The number of nitrogens with one attached hydrogen (secondary N) is 1. The summed E-state index contributed by atoms with van der Waals surface area (Å²) in [6.45, 7) is 5.44. The van der Waals surface area contributed by atoms with Crippen molar-refractivity contribution in [3.05, 3.63) is 77.6 Å². The van der Waals surface area contributed by atoms with Gasteiger partial charge in [-0.25, -0.2) is 4.98 Å². The van der Waals surface area contributed by atoms with E-state index in [1.807, 2.05) is 62.4 Å². The molecule has 2 aromatic carbocycles. The summed E-state index contributed by atoms with van der Waals surface area (Å²) in [4.78, 5) is 19.0. The summed E-state index contributed by atoms with van der Waals surface area (Å²) < 4.78 is 10.7. The molecule has 0 bridgehead atoms. The third-order valence-corrected chi connectivity index (χ3v) is 4.79. The van der Waals surface area contributed by atoms with Crippen molar-refractivity contribution in [3.8, 4) is 11.5 Å². The fourth-order valence-electron chi connectivity index (χ4n) is 3.26. The molecule has 148 valence electrons. The Bertz CT molecular complexity index is 1020. The van der Waals surface area contributed by atoms with E-state index in [2.05, 4.69) is 10.3 Å². The number of benzene rings is 2. The molecule has 1 amide bonds. The Kier molecular flexibility index (Phi) is 5.33. The molecule has 1 aliphatic rings. The second-order valence-corrected chi connectivity index (χ2v) is 6.86. The van der Waals surface area contributed by atoms with Crippen molar-refractivity contribution < 1.29 is 14.3 Å². The molecule has 0 aliphatic carbocycles. The maximum Gasteiger partial charge on any atom is 0.276 e. The van der Waals surface area contributed by atoms with Crippen LogP contribution in [0.15, 0.2) is 60.8 Å². The lowest BCUT2D eigenvalue weighted by Gasteiger charge is -2.21. The Hall–Kier alpha value is -3.54. The minimum absolute atomic E-state index is 0.111. The smallest absolute Gasteiger partial charge is 0.276 e. The molecule has 0 saturated carbocycles. The van der Waals surface area contributed by atoms with E-state index < -0.39 is 0 Å². The van der Waals surface area contributed by atoms with Crippen molar-refractivity contribution in [1.82, 2.24) is 4.98 Å². The largest absolute Gasteiger partial charge is 0.454 e. The summed E-state index contributed by atoms with van der Waals surface area (Å²) in [6, 6.07) is 17.4. The molecule has 0 spiro atoms. The standard InChI is InChI=1S/C23H23N3O3/c1-3-26(19-6-4-5-16(2)11-19)23(27)20-9-8-18(14-25-20)24-13-17-7-10-21-22(12-17)29-15-28-21/h4-12,14,24H,3,13,15H2,1-2H3. The topological polar surface area (TPSA) is 63.7 Å². The minimum atomic E-state index is -0.111. The monoisotopic (exact) mass is 389 g/mol. The number of amides is 1. The molecular weight excluding hydrogens is 366 g/mol. The average molecular weight is 389 g/mol. The molecule has 0 atom stereocenters. The summed E-state index contributed by atoms with van der Waals surface area (Å²) in [7, 11) is 0. The van der Waals surface area contributed by atoms with Gasteiger partial charge in [0.25, 0.3) is 5.91 Å². The molecule has 3 aromatic rings. The highest BCUT2D eigenvalue weighted by molar-refractivity contribution is 6.04. The first kappa shape index (κ1) is 18.8. The molecule has 0 radical (unpaired) electrons. The van der Waals surface area contributed by atoms with Crippen LogP contribution in [0.25, 0.3) is 0 Å². The van der Waals surface area contributed by atoms with Crippen LogP contribution >= 0.6 is 0 Å². The molecule has 1 N–H and O–H groups in total. The van der Waals surface area contributed by atoms with Crippen LogP contribution in [0.4, 0.5) is 11.4 Å². The molecule has 4 rings (SSSR count). The van der Waals surface area contributed by atoms with Gasteiger partial charge in [-0.2, -0.15) is 0 Å². The van der Waals surface area contributed by atoms with E-state index in [0.717, 1.165) is 34.0 Å². The molecule has 6 heteroatoms. The van der Waals surface area contributed by atoms with Crippen LogP contribution in [-0.2, 0) is 6.54 Å². The van der Waals surface area contributed by atoms with E-state index in [0.29, 0.717) is 18.8 Å². The van der Waals surface area contributed by atoms with E-state index in [1.54, 1.807) is 17.2 Å². The number of aromatic nitrogens is 1. The Morgan fingerprint density at radius 2 is 1.97 bits per heavy atom. The average Bonchev–Trinajstić information content (AvgIpc) is 3.21. The van der Waals surface area contributed by atoms with Crippen LogP contribution in [-0.4, -0.2) is 24.2 Å². The van der Waals surface area contributed by atoms with Crippen LogP contribution in [0, 0.1) is 6.92 Å². The van der Waals surface area contributed by atoms with Gasteiger partial charge in [-0.1, -0.05) is 18.2 Å². The minimum Gasteiger partial charge on any atom is -0.454 e. The highest BCUT2D eigenvalue weighted by Crippen LogP contribution is 2.32. The fraction of sp³-hybridized carbons (Fsp3) is 0.217. The Morgan fingerprint density at radius 1 is 1.10 bits per heavy atom. The summed E-state index contributed by atoms with van der Waals surface area (Å²) in [5.41, 5.74) is 4.33. The van der Waals surface area contributed by atoms with Gasteiger partial charge in [0, 0.05) is 18.8 Å². The van der Waals surface area contributed by atoms with Crippen LogP contribution in [0.2, 0.25) is 0 Å². The molecule has 0 saturated heterocycles. The predicted molar refractivity (Wildman–Crippen MR) is 113 cm³/mol. The fourth-order valence-corrected chi connectivity index (χ4v) is 3.26. The molecule has 6 nitrogen and oxygen atoms in total. The van der Waals surface area contributed by atoms with Gasteiger partial charge in [0.15, 0.2) is 11.5 Å². The summed E-state index contributed by atoms with van der Waals surface area (Å²) in [5.74, 6) is 1.42. The Balaban J connectivity index is 1.42. The molecule has 1 aromatic heterocycles. The second-order valence-electron chi connectivity index (χ2n) is 6.86. The van der Waals surface area contributed by atoms with Gasteiger partial charge >= 0.3 is 0 Å². The zero-order valence-electron chi connectivity index (χ0n) is 16.5. The zero-order valence-corrected chi connectivity index (χ0v) is 16.5. The molecule has 0 fully saturated rings. The molecular formula is C23H23N3O3. The number of carbonyl (C=O) groups is 1. The van der Waals surface area contributed by atoms with Crippen molar-refractivity contribution in [1.29, 1.82) is 0 Å². The number of anilines is 2. The number of nitrogens with zero attached hydrogens (tertiary/aromatic N) is 2. The van der Waals surface area contributed by atoms with Gasteiger partial charge < -0.3 is 19.7 Å². The van der Waals surface area contributed by atoms with Gasteiger partial charge in [0.1, 0.15) is 5.69 Å². The Morgan fingerprint density at radius 3 is 2.72 bits per heavy atom. The first-order valence-corrected chi connectivity index (χ1v) is 9.61. The van der Waals surface area contributed by atoms with E-state index in [4.69, 9.17) is 9.47 Å². The van der Waals surface area contributed by atoms with Gasteiger partial charge in [0.2, 0.25) is 6.79 Å². The first-order valence-electron chi connectivity index (χ1n) is 9.61. The van der Waals surface area contributed by atoms with Crippen molar-refractivity contribution in [3.63, 3.8) is 0 Å². The summed E-state index contributed by atoms with van der Waals surface area (Å²) in [5, 5.41) is 3.32. The number of ether oxygens (including phenoxy) is 2. The lowest BCUT2D eigenvalue weighted by molar-refractivity contribution is 0.0983. The van der Waals surface area contributed by atoms with E-state index in [-0.39, 0.29) is 12.7 Å². The van der Waals surface area contributed by atoms with E-state index in [1.165, 1.54) is 0 Å². The number of hydrogen-bond acceptors (Lipinski definition) is 5. The normalized spacial score (nSPS) is 11.9. The Labute approximate surface area is 170 Å². The van der Waals surface area contributed by atoms with Crippen LogP contribution in [0.3, 0.4) is 0 Å². The van der Waals surface area contributed by atoms with Gasteiger partial charge in [-0.05, 0) is 61.4 Å². The van der Waals surface area contributed by atoms with Crippen LogP contribution in [0.5, 0.6) is 11.5 Å². The van der Waals surface area contributed by atoms with Gasteiger partial charge in [0.05, 0.1) is 11.9 Å². The van der Waals surface area contributed by atoms with Gasteiger partial charge in [-0.3, -0.25) is 4.79 Å². The van der Waals surface area contributed by atoms with Crippen molar-refractivity contribution in [2.75, 3.05) is 23.6 Å². The molecule has 1 aliphatic heterocycles. The highest BCUT2D eigenvalue weighted by Gasteiger charge is 2.17. The maximum absolute atomic E-state index is 12.9. The maximum atomic E-state index is 12.9. The predicted octanol–water partition coefficient (Wildman–Crippen LogP) is 4.40. The van der Waals surface area contributed by atoms with Crippen molar-refractivity contribution >= 4 is 17.3 Å². The zero-order chi connectivity index (χ0) is 20.2. The van der Waals surface area contributed by atoms with Crippen LogP contribution in [0.1, 0.15) is 28.5 Å². The molecule has 2 heterocycles. The molecule has 0 unspecified atom stereocenters. The number of rotatable bonds is 6. The molecule has 29 heavy (non-hydrogen) atoms. The van der Waals surface area contributed by atoms with E-state index in [9.17, 15) is 4.79 Å². The summed E-state index contributed by atoms with van der Waals surface area (Å²) in [6.07, 6.45) is 1.68. The van der Waals surface area contributed by atoms with Gasteiger partial charge in [-0.15, -0.1) is 0 Å². The van der Waals surface area contributed by atoms with Crippen molar-refractivity contribution in [2.24, 2.45) is 0 Å². The number of hydrogen-bond donors (Lipinski definition) is 1. The number of aryl methyl sites for hydroxylation is 1. The lowest BCUT2D eigenvalue weighted by atomic mass is 10.2. The third kappa shape index (κ3) is 4.16. The second kappa shape index (κ2) is 8.22. The first-order chi connectivity index (χ1) is 14.1. The number of pyridine rings is 1. The van der Waals surface area contributed by atoms with Crippen LogP contribution < -0.4 is 19.7 Å². The SMILES string of the molecule is CCN(C(=O)c1ccc(NCc2ccc3c(c2)OCO3)cn1)c1cccc(C)c1. The lowest BCUT2D eigenvalue weighted by Crippen LogP contribution is -2.31. The third-order valence-electron chi connectivity index (χ3n) is 4.79. The quantitative estimate of drug-likeness (QED) is 0.677. The number of fused-ring (bicyclic) bond motifs is 1. The number of carbonyl (C=O) groups excluding carboxylic acids is 1. The highest BCUT2D eigenvalue weighted by atomic mass is 16.7.